The average Bonchev–Trinajstić information content (AvgIpc) is 2.78. The number of hydrogen-bond acceptors (Lipinski definition) is 6. The van der Waals surface area contributed by atoms with E-state index in [4.69, 9.17) is 14.2 Å². The van der Waals surface area contributed by atoms with Crippen LogP contribution in [0, 0.1) is 0 Å². The van der Waals surface area contributed by atoms with E-state index in [1.165, 1.54) is 23.5 Å². The molecule has 0 saturated carbocycles. The topological polar surface area (TPSA) is 85.4 Å². The first-order valence-corrected chi connectivity index (χ1v) is 11.2. The fourth-order valence-electron chi connectivity index (χ4n) is 3.11. The van der Waals surface area contributed by atoms with E-state index in [1.807, 2.05) is 6.92 Å². The molecular formula is C21H26N2O6S. The van der Waals surface area contributed by atoms with E-state index in [2.05, 4.69) is 0 Å². The Morgan fingerprint density at radius 2 is 1.40 bits per heavy atom. The van der Waals surface area contributed by atoms with Crippen molar-refractivity contribution in [3.63, 3.8) is 0 Å². The van der Waals surface area contributed by atoms with Gasteiger partial charge in [0.2, 0.25) is 10.0 Å². The molecule has 3 rings (SSSR count). The maximum atomic E-state index is 12.8. The highest BCUT2D eigenvalue weighted by Crippen LogP contribution is 2.21. The van der Waals surface area contributed by atoms with Gasteiger partial charge in [-0.1, -0.05) is 0 Å². The zero-order valence-corrected chi connectivity index (χ0v) is 17.9. The smallest absolute Gasteiger partial charge is 0.260 e. The number of nitrogens with zero attached hydrogens (tertiary/aromatic N) is 2. The molecule has 0 aromatic heterocycles. The third-order valence-corrected chi connectivity index (χ3v) is 6.70. The zero-order chi connectivity index (χ0) is 21.6. The van der Waals surface area contributed by atoms with Crippen LogP contribution in [0.25, 0.3) is 0 Å². The molecule has 1 aliphatic rings. The van der Waals surface area contributed by atoms with Crippen LogP contribution >= 0.6 is 0 Å². The fourth-order valence-corrected chi connectivity index (χ4v) is 4.53. The van der Waals surface area contributed by atoms with Crippen molar-refractivity contribution in [2.24, 2.45) is 0 Å². The second-order valence-electron chi connectivity index (χ2n) is 6.65. The fraction of sp³-hybridized carbons (Fsp3) is 0.381. The predicted octanol–water partition coefficient (Wildman–Crippen LogP) is 2.01. The standard InChI is InChI=1S/C21H26N2O6S/c1-3-28-18-4-6-19(7-5-18)29-16-21(24)22-12-14-23(15-13-22)30(25,26)20-10-8-17(27-2)9-11-20/h4-11H,3,12-16H2,1-2H3. The van der Waals surface area contributed by atoms with Crippen molar-refractivity contribution in [3.8, 4) is 17.2 Å². The normalized spacial score (nSPS) is 14.9. The van der Waals surface area contributed by atoms with Gasteiger partial charge >= 0.3 is 0 Å². The Labute approximate surface area is 177 Å². The quantitative estimate of drug-likeness (QED) is 0.632. The summed E-state index contributed by atoms with van der Waals surface area (Å²) in [6.07, 6.45) is 0. The van der Waals surface area contributed by atoms with Gasteiger partial charge in [0.15, 0.2) is 6.61 Å². The lowest BCUT2D eigenvalue weighted by molar-refractivity contribution is -0.134. The average molecular weight is 435 g/mol. The SMILES string of the molecule is CCOc1ccc(OCC(=O)N2CCN(S(=O)(=O)c3ccc(OC)cc3)CC2)cc1. The summed E-state index contributed by atoms with van der Waals surface area (Å²) >= 11 is 0. The van der Waals surface area contributed by atoms with Crippen LogP contribution in [0.2, 0.25) is 0 Å². The van der Waals surface area contributed by atoms with E-state index in [1.54, 1.807) is 41.3 Å². The summed E-state index contributed by atoms with van der Waals surface area (Å²) < 4.78 is 43.0. The summed E-state index contributed by atoms with van der Waals surface area (Å²) in [6, 6.07) is 13.3. The Morgan fingerprint density at radius 1 is 0.867 bits per heavy atom. The molecule has 0 aliphatic carbocycles. The molecule has 1 fully saturated rings. The van der Waals surface area contributed by atoms with E-state index in [9.17, 15) is 13.2 Å². The highest BCUT2D eigenvalue weighted by Gasteiger charge is 2.30. The van der Waals surface area contributed by atoms with Gasteiger partial charge in [-0.05, 0) is 55.5 Å². The van der Waals surface area contributed by atoms with Gasteiger partial charge in [-0.25, -0.2) is 8.42 Å². The summed E-state index contributed by atoms with van der Waals surface area (Å²) in [5.41, 5.74) is 0. The van der Waals surface area contributed by atoms with Crippen LogP contribution in [0.5, 0.6) is 17.2 Å². The van der Waals surface area contributed by atoms with Crippen molar-refractivity contribution in [3.05, 3.63) is 48.5 Å². The highest BCUT2D eigenvalue weighted by molar-refractivity contribution is 7.89. The summed E-state index contributed by atoms with van der Waals surface area (Å²) in [5.74, 6) is 1.74. The van der Waals surface area contributed by atoms with Gasteiger partial charge in [-0.3, -0.25) is 4.79 Å². The van der Waals surface area contributed by atoms with Crippen LogP contribution in [-0.2, 0) is 14.8 Å². The van der Waals surface area contributed by atoms with E-state index in [0.717, 1.165) is 5.75 Å². The number of sulfonamides is 1. The number of rotatable bonds is 8. The van der Waals surface area contributed by atoms with Crippen molar-refractivity contribution >= 4 is 15.9 Å². The maximum absolute atomic E-state index is 12.8. The minimum atomic E-state index is -3.60. The molecule has 0 radical (unpaired) electrons. The molecule has 30 heavy (non-hydrogen) atoms. The van der Waals surface area contributed by atoms with E-state index < -0.39 is 10.0 Å². The molecule has 8 nitrogen and oxygen atoms in total. The lowest BCUT2D eigenvalue weighted by Gasteiger charge is -2.34. The van der Waals surface area contributed by atoms with Gasteiger partial charge in [0, 0.05) is 26.2 Å². The molecule has 0 unspecified atom stereocenters. The zero-order valence-electron chi connectivity index (χ0n) is 17.1. The largest absolute Gasteiger partial charge is 0.497 e. The van der Waals surface area contributed by atoms with Crippen LogP contribution in [0.4, 0.5) is 0 Å². The van der Waals surface area contributed by atoms with Crippen molar-refractivity contribution < 1.29 is 27.4 Å². The molecule has 0 atom stereocenters. The molecule has 1 saturated heterocycles. The Morgan fingerprint density at radius 3 is 1.93 bits per heavy atom. The molecule has 1 heterocycles. The molecular weight excluding hydrogens is 408 g/mol. The van der Waals surface area contributed by atoms with Gasteiger partial charge in [0.25, 0.3) is 5.91 Å². The van der Waals surface area contributed by atoms with Crippen molar-refractivity contribution in [2.75, 3.05) is 46.5 Å². The lowest BCUT2D eigenvalue weighted by Crippen LogP contribution is -2.51. The van der Waals surface area contributed by atoms with E-state index >= 15 is 0 Å². The van der Waals surface area contributed by atoms with Gasteiger partial charge in [0.1, 0.15) is 17.2 Å². The summed E-state index contributed by atoms with van der Waals surface area (Å²) in [4.78, 5) is 14.3. The third-order valence-electron chi connectivity index (χ3n) is 4.79. The Balaban J connectivity index is 1.51. The molecule has 0 bridgehead atoms. The monoisotopic (exact) mass is 434 g/mol. The molecule has 9 heteroatoms. The third kappa shape index (κ3) is 5.22. The van der Waals surface area contributed by atoms with Crippen LogP contribution in [0.3, 0.4) is 0 Å². The van der Waals surface area contributed by atoms with Gasteiger partial charge in [-0.2, -0.15) is 4.31 Å². The summed E-state index contributed by atoms with van der Waals surface area (Å²) in [6.45, 7) is 3.51. The first-order valence-electron chi connectivity index (χ1n) is 9.71. The highest BCUT2D eigenvalue weighted by atomic mass is 32.2. The first-order chi connectivity index (χ1) is 14.4. The molecule has 2 aromatic rings. The molecule has 162 valence electrons. The Kier molecular flexibility index (Phi) is 7.17. The first kappa shape index (κ1) is 21.9. The van der Waals surface area contributed by atoms with Gasteiger partial charge in [-0.15, -0.1) is 0 Å². The summed E-state index contributed by atoms with van der Waals surface area (Å²) in [5, 5.41) is 0. The van der Waals surface area contributed by atoms with Crippen molar-refractivity contribution in [1.29, 1.82) is 0 Å². The maximum Gasteiger partial charge on any atom is 0.260 e. The molecule has 1 aliphatic heterocycles. The number of ether oxygens (including phenoxy) is 3. The number of methoxy groups -OCH3 is 1. The number of carbonyl (C=O) groups excluding carboxylic acids is 1. The van der Waals surface area contributed by atoms with Crippen LogP contribution < -0.4 is 14.2 Å². The number of carbonyl (C=O) groups is 1. The van der Waals surface area contributed by atoms with E-state index in [0.29, 0.717) is 31.2 Å². The lowest BCUT2D eigenvalue weighted by atomic mass is 10.3. The van der Waals surface area contributed by atoms with Crippen LogP contribution in [-0.4, -0.2) is 70.0 Å². The number of amides is 1. The summed E-state index contributed by atoms with van der Waals surface area (Å²) in [7, 11) is -2.08. The molecule has 0 spiro atoms. The number of hydrogen-bond donors (Lipinski definition) is 0. The molecule has 2 aromatic carbocycles. The molecule has 1 amide bonds. The Hall–Kier alpha value is -2.78. The van der Waals surface area contributed by atoms with Crippen LogP contribution in [0.1, 0.15) is 6.92 Å². The van der Waals surface area contributed by atoms with Crippen LogP contribution in [0.15, 0.2) is 53.4 Å². The minimum absolute atomic E-state index is 0.0980. The van der Waals surface area contributed by atoms with E-state index in [-0.39, 0.29) is 30.5 Å². The minimum Gasteiger partial charge on any atom is -0.497 e. The van der Waals surface area contributed by atoms with Crippen molar-refractivity contribution in [1.82, 2.24) is 9.21 Å². The van der Waals surface area contributed by atoms with Crippen molar-refractivity contribution in [2.45, 2.75) is 11.8 Å². The second-order valence-corrected chi connectivity index (χ2v) is 8.59. The van der Waals surface area contributed by atoms with Gasteiger partial charge in [0.05, 0.1) is 18.6 Å². The molecule has 0 N–H and O–H groups in total. The second kappa shape index (κ2) is 9.82. The van der Waals surface area contributed by atoms with Gasteiger partial charge < -0.3 is 19.1 Å². The predicted molar refractivity (Wildman–Crippen MR) is 111 cm³/mol. The number of piperazine rings is 1. The Bertz CT molecular complexity index is 936. The number of benzene rings is 2.